The zero-order valence-electron chi connectivity index (χ0n) is 12.1. The number of hydrogen-bond acceptors (Lipinski definition) is 4. The number of rotatable bonds is 6. The van der Waals surface area contributed by atoms with E-state index in [1.54, 1.807) is 11.3 Å². The van der Waals surface area contributed by atoms with Crippen molar-refractivity contribution in [3.05, 3.63) is 45.5 Å². The van der Waals surface area contributed by atoms with Gasteiger partial charge in [-0.2, -0.15) is 11.3 Å². The molecule has 21 heavy (non-hydrogen) atoms. The number of halogens is 1. The molecule has 0 atom stereocenters. The van der Waals surface area contributed by atoms with E-state index in [-0.39, 0.29) is 11.5 Å². The molecule has 0 saturated carbocycles. The second-order valence-corrected chi connectivity index (χ2v) is 5.48. The summed E-state index contributed by atoms with van der Waals surface area (Å²) in [7, 11) is 0. The Morgan fingerprint density at radius 3 is 2.90 bits per heavy atom. The number of aryl methyl sites for hydroxylation is 1. The average molecular weight is 307 g/mol. The van der Waals surface area contributed by atoms with Crippen LogP contribution in [0.25, 0.3) is 0 Å². The molecule has 2 rings (SSSR count). The molecule has 0 bridgehead atoms. The smallest absolute Gasteiger partial charge is 0.255 e. The van der Waals surface area contributed by atoms with E-state index in [0.717, 1.165) is 23.7 Å². The highest BCUT2D eigenvalue weighted by Crippen LogP contribution is 2.16. The predicted octanol–water partition coefficient (Wildman–Crippen LogP) is 3.34. The number of anilines is 1. The lowest BCUT2D eigenvalue weighted by Gasteiger charge is -2.11. The fraction of sp³-hybridized carbons (Fsp3) is 0.333. The van der Waals surface area contributed by atoms with E-state index in [9.17, 15) is 9.18 Å². The number of amides is 1. The summed E-state index contributed by atoms with van der Waals surface area (Å²) < 4.78 is 13.3. The molecule has 4 nitrogen and oxygen atoms in total. The third-order valence-corrected chi connectivity index (χ3v) is 3.95. The SMILES string of the molecule is CCCNc1ncc(F)cc1C(=O)NCc1cscc1C. The summed E-state index contributed by atoms with van der Waals surface area (Å²) in [4.78, 5) is 16.2. The van der Waals surface area contributed by atoms with Crippen molar-refractivity contribution in [1.82, 2.24) is 10.3 Å². The van der Waals surface area contributed by atoms with Crippen LogP contribution in [-0.2, 0) is 6.54 Å². The minimum Gasteiger partial charge on any atom is -0.369 e. The summed E-state index contributed by atoms with van der Waals surface area (Å²) >= 11 is 1.59. The summed E-state index contributed by atoms with van der Waals surface area (Å²) in [5, 5.41) is 9.87. The van der Waals surface area contributed by atoms with Crippen molar-refractivity contribution >= 4 is 23.1 Å². The molecule has 0 saturated heterocycles. The predicted molar refractivity (Wildman–Crippen MR) is 83.2 cm³/mol. The average Bonchev–Trinajstić information content (AvgIpc) is 2.88. The zero-order valence-corrected chi connectivity index (χ0v) is 12.9. The Morgan fingerprint density at radius 2 is 2.24 bits per heavy atom. The largest absolute Gasteiger partial charge is 0.369 e. The van der Waals surface area contributed by atoms with Gasteiger partial charge in [0.15, 0.2) is 0 Å². The van der Waals surface area contributed by atoms with Crippen LogP contribution in [0.5, 0.6) is 0 Å². The second kappa shape index (κ2) is 7.17. The van der Waals surface area contributed by atoms with Crippen LogP contribution in [0.4, 0.5) is 10.2 Å². The minimum absolute atomic E-state index is 0.233. The first-order chi connectivity index (χ1) is 10.1. The maximum atomic E-state index is 13.3. The number of hydrogen-bond donors (Lipinski definition) is 2. The molecule has 0 aromatic carbocycles. The highest BCUT2D eigenvalue weighted by Gasteiger charge is 2.14. The van der Waals surface area contributed by atoms with Crippen molar-refractivity contribution in [2.24, 2.45) is 0 Å². The van der Waals surface area contributed by atoms with Gasteiger partial charge in [0.2, 0.25) is 0 Å². The van der Waals surface area contributed by atoms with Crippen LogP contribution < -0.4 is 10.6 Å². The lowest BCUT2D eigenvalue weighted by Crippen LogP contribution is -2.24. The third-order valence-electron chi connectivity index (χ3n) is 3.04. The van der Waals surface area contributed by atoms with Gasteiger partial charge in [0, 0.05) is 13.1 Å². The Labute approximate surface area is 127 Å². The van der Waals surface area contributed by atoms with E-state index >= 15 is 0 Å². The maximum Gasteiger partial charge on any atom is 0.255 e. The number of thiophene rings is 1. The Balaban J connectivity index is 2.10. The highest BCUT2D eigenvalue weighted by molar-refractivity contribution is 7.08. The Morgan fingerprint density at radius 1 is 1.43 bits per heavy atom. The topological polar surface area (TPSA) is 54.0 Å². The van der Waals surface area contributed by atoms with Gasteiger partial charge in [-0.05, 0) is 41.3 Å². The molecule has 0 aliphatic heterocycles. The lowest BCUT2D eigenvalue weighted by atomic mass is 10.2. The van der Waals surface area contributed by atoms with E-state index in [2.05, 4.69) is 15.6 Å². The number of carbonyl (C=O) groups excluding carboxylic acids is 1. The summed E-state index contributed by atoms with van der Waals surface area (Å²) in [6.45, 7) is 5.12. The van der Waals surface area contributed by atoms with E-state index < -0.39 is 5.82 Å². The zero-order chi connectivity index (χ0) is 15.2. The van der Waals surface area contributed by atoms with Crippen molar-refractivity contribution in [1.29, 1.82) is 0 Å². The standard InChI is InChI=1S/C15H18FN3OS/c1-3-4-17-14-13(5-12(16)7-18-14)15(20)19-6-11-9-21-8-10(11)2/h5,7-9H,3-4,6H2,1-2H3,(H,17,18)(H,19,20). The van der Waals surface area contributed by atoms with E-state index in [4.69, 9.17) is 0 Å². The summed E-state index contributed by atoms with van der Waals surface area (Å²) in [5.41, 5.74) is 2.44. The number of nitrogens with one attached hydrogen (secondary N) is 2. The van der Waals surface area contributed by atoms with E-state index in [0.29, 0.717) is 18.9 Å². The molecule has 2 N–H and O–H groups in total. The molecule has 0 fully saturated rings. The number of pyridine rings is 1. The molecule has 0 spiro atoms. The Bertz CT molecular complexity index is 627. The van der Waals surface area contributed by atoms with Gasteiger partial charge in [0.25, 0.3) is 5.91 Å². The first-order valence-corrected chi connectivity index (χ1v) is 7.75. The van der Waals surface area contributed by atoms with Gasteiger partial charge in [-0.3, -0.25) is 4.79 Å². The monoisotopic (exact) mass is 307 g/mol. The lowest BCUT2D eigenvalue weighted by molar-refractivity contribution is 0.0951. The van der Waals surface area contributed by atoms with Crippen LogP contribution >= 0.6 is 11.3 Å². The van der Waals surface area contributed by atoms with Crippen molar-refractivity contribution < 1.29 is 9.18 Å². The molecule has 2 aromatic rings. The van der Waals surface area contributed by atoms with Gasteiger partial charge in [-0.25, -0.2) is 9.37 Å². The van der Waals surface area contributed by atoms with Gasteiger partial charge in [0.1, 0.15) is 11.6 Å². The van der Waals surface area contributed by atoms with E-state index in [1.165, 1.54) is 6.07 Å². The van der Waals surface area contributed by atoms with E-state index in [1.807, 2.05) is 24.6 Å². The summed E-state index contributed by atoms with van der Waals surface area (Å²) in [6.07, 6.45) is 2.01. The molecule has 112 valence electrons. The van der Waals surface area contributed by atoms with Crippen LogP contribution in [0.1, 0.15) is 34.8 Å². The van der Waals surface area contributed by atoms with Gasteiger partial charge >= 0.3 is 0 Å². The van der Waals surface area contributed by atoms with Crippen LogP contribution in [-0.4, -0.2) is 17.4 Å². The van der Waals surface area contributed by atoms with Crippen molar-refractivity contribution in [2.45, 2.75) is 26.8 Å². The third kappa shape index (κ3) is 4.01. The molecular formula is C15H18FN3OS. The van der Waals surface area contributed by atoms with Crippen molar-refractivity contribution in [3.8, 4) is 0 Å². The Hall–Kier alpha value is -1.95. The summed E-state index contributed by atoms with van der Waals surface area (Å²) in [6, 6.07) is 1.21. The first-order valence-electron chi connectivity index (χ1n) is 6.81. The highest BCUT2D eigenvalue weighted by atomic mass is 32.1. The quantitative estimate of drug-likeness (QED) is 0.860. The van der Waals surface area contributed by atoms with Gasteiger partial charge in [-0.1, -0.05) is 6.92 Å². The number of carbonyl (C=O) groups is 1. The van der Waals surface area contributed by atoms with Crippen LogP contribution in [0.15, 0.2) is 23.0 Å². The Kier molecular flexibility index (Phi) is 5.27. The van der Waals surface area contributed by atoms with Crippen LogP contribution in [0.2, 0.25) is 0 Å². The maximum absolute atomic E-state index is 13.3. The normalized spacial score (nSPS) is 10.4. The number of aromatic nitrogens is 1. The van der Waals surface area contributed by atoms with Gasteiger partial charge < -0.3 is 10.6 Å². The molecule has 6 heteroatoms. The van der Waals surface area contributed by atoms with Crippen molar-refractivity contribution in [3.63, 3.8) is 0 Å². The van der Waals surface area contributed by atoms with Gasteiger partial charge in [0.05, 0.1) is 11.8 Å². The van der Waals surface area contributed by atoms with Crippen molar-refractivity contribution in [2.75, 3.05) is 11.9 Å². The van der Waals surface area contributed by atoms with Gasteiger partial charge in [-0.15, -0.1) is 0 Å². The molecular weight excluding hydrogens is 289 g/mol. The molecule has 2 aromatic heterocycles. The molecule has 0 unspecified atom stereocenters. The molecule has 0 aliphatic carbocycles. The first kappa shape index (κ1) is 15.4. The second-order valence-electron chi connectivity index (χ2n) is 4.74. The molecule has 0 radical (unpaired) electrons. The number of nitrogens with zero attached hydrogens (tertiary/aromatic N) is 1. The minimum atomic E-state index is -0.520. The summed E-state index contributed by atoms with van der Waals surface area (Å²) in [5.74, 6) is -0.432. The fourth-order valence-corrected chi connectivity index (χ4v) is 2.69. The molecule has 2 heterocycles. The van der Waals surface area contributed by atoms with Crippen LogP contribution in [0.3, 0.4) is 0 Å². The molecule has 0 aliphatic rings. The fourth-order valence-electron chi connectivity index (χ4n) is 1.84. The van der Waals surface area contributed by atoms with Crippen LogP contribution in [0, 0.1) is 12.7 Å². The molecule has 1 amide bonds.